The number of nitrogens with one attached hydrogen (secondary N) is 1. The lowest BCUT2D eigenvalue weighted by atomic mass is 9.91. The Morgan fingerprint density at radius 2 is 2.24 bits per heavy atom. The maximum Gasteiger partial charge on any atom is 0.0492 e. The molecule has 17 heavy (non-hydrogen) atoms. The van der Waals surface area contributed by atoms with Crippen molar-refractivity contribution in [1.82, 2.24) is 15.1 Å². The summed E-state index contributed by atoms with van der Waals surface area (Å²) in [4.78, 5) is 0. The highest BCUT2D eigenvalue weighted by atomic mass is 15.3. The normalized spacial score (nSPS) is 27.5. The molecule has 2 atom stereocenters. The van der Waals surface area contributed by atoms with Crippen molar-refractivity contribution in [1.29, 1.82) is 0 Å². The summed E-state index contributed by atoms with van der Waals surface area (Å²) in [6.45, 7) is 8.19. The topological polar surface area (TPSA) is 29.9 Å². The molecule has 1 aliphatic carbocycles. The van der Waals surface area contributed by atoms with E-state index in [2.05, 4.69) is 37.3 Å². The van der Waals surface area contributed by atoms with Crippen molar-refractivity contribution in [3.8, 4) is 0 Å². The summed E-state index contributed by atoms with van der Waals surface area (Å²) in [7, 11) is 2.01. The zero-order chi connectivity index (χ0) is 12.5. The molecule has 1 aliphatic rings. The van der Waals surface area contributed by atoms with Crippen LogP contribution in [0, 0.1) is 11.3 Å². The zero-order valence-electron chi connectivity index (χ0n) is 11.5. The second-order valence-electron chi connectivity index (χ2n) is 6.31. The van der Waals surface area contributed by atoms with Crippen molar-refractivity contribution in [3.05, 3.63) is 18.0 Å². The van der Waals surface area contributed by atoms with E-state index in [-0.39, 0.29) is 0 Å². The highest BCUT2D eigenvalue weighted by Crippen LogP contribution is 2.40. The standard InChI is InChI=1S/C14H25N3/c1-11-9-14(2,3)10-13(11)15-7-5-12-6-8-16-17(12)4/h6,8,11,13,15H,5,7,9-10H2,1-4H3. The summed E-state index contributed by atoms with van der Waals surface area (Å²) in [5, 5.41) is 7.91. The predicted molar refractivity (Wildman–Crippen MR) is 70.9 cm³/mol. The summed E-state index contributed by atoms with van der Waals surface area (Å²) < 4.78 is 1.96. The molecule has 1 aromatic heterocycles. The van der Waals surface area contributed by atoms with E-state index in [1.54, 1.807) is 0 Å². The smallest absolute Gasteiger partial charge is 0.0492 e. The van der Waals surface area contributed by atoms with Crippen molar-refractivity contribution in [2.45, 2.75) is 46.1 Å². The second kappa shape index (κ2) is 4.81. The molecule has 3 nitrogen and oxygen atoms in total. The van der Waals surface area contributed by atoms with Crippen LogP contribution in [0.3, 0.4) is 0 Å². The molecule has 1 aromatic rings. The van der Waals surface area contributed by atoms with Gasteiger partial charge < -0.3 is 5.32 Å². The SMILES string of the molecule is CC1CC(C)(C)CC1NCCc1ccnn1C. The van der Waals surface area contributed by atoms with E-state index in [1.165, 1.54) is 18.5 Å². The van der Waals surface area contributed by atoms with Gasteiger partial charge in [0.15, 0.2) is 0 Å². The lowest BCUT2D eigenvalue weighted by Gasteiger charge is -2.18. The Morgan fingerprint density at radius 1 is 1.47 bits per heavy atom. The number of aromatic nitrogens is 2. The lowest BCUT2D eigenvalue weighted by Crippen LogP contribution is -2.33. The summed E-state index contributed by atoms with van der Waals surface area (Å²) in [6.07, 6.45) is 5.59. The number of aryl methyl sites for hydroxylation is 1. The Labute approximate surface area is 105 Å². The molecule has 3 heteroatoms. The first-order chi connectivity index (χ1) is 7.98. The molecule has 1 saturated carbocycles. The Kier molecular flexibility index (Phi) is 3.57. The van der Waals surface area contributed by atoms with Crippen LogP contribution in [0.15, 0.2) is 12.3 Å². The first kappa shape index (κ1) is 12.6. The average molecular weight is 235 g/mol. The Hall–Kier alpha value is -0.830. The fraction of sp³-hybridized carbons (Fsp3) is 0.786. The van der Waals surface area contributed by atoms with Crippen LogP contribution < -0.4 is 5.32 Å². The Bertz CT molecular complexity index is 367. The first-order valence-electron chi connectivity index (χ1n) is 6.68. The van der Waals surface area contributed by atoms with Gasteiger partial charge in [-0.05, 0) is 30.2 Å². The molecule has 0 saturated heterocycles. The van der Waals surface area contributed by atoms with Gasteiger partial charge in [-0.3, -0.25) is 4.68 Å². The quantitative estimate of drug-likeness (QED) is 0.868. The van der Waals surface area contributed by atoms with Crippen molar-refractivity contribution >= 4 is 0 Å². The number of hydrogen-bond donors (Lipinski definition) is 1. The minimum absolute atomic E-state index is 0.517. The molecule has 0 bridgehead atoms. The number of hydrogen-bond acceptors (Lipinski definition) is 2. The molecule has 0 aromatic carbocycles. The van der Waals surface area contributed by atoms with Crippen molar-refractivity contribution in [2.75, 3.05) is 6.54 Å². The van der Waals surface area contributed by atoms with E-state index in [0.29, 0.717) is 11.5 Å². The number of nitrogens with zero attached hydrogens (tertiary/aromatic N) is 2. The molecule has 1 fully saturated rings. The first-order valence-corrected chi connectivity index (χ1v) is 6.68. The monoisotopic (exact) mass is 235 g/mol. The van der Waals surface area contributed by atoms with Gasteiger partial charge in [0.2, 0.25) is 0 Å². The van der Waals surface area contributed by atoms with Gasteiger partial charge in [0, 0.05) is 37.9 Å². The molecule has 1 N–H and O–H groups in total. The second-order valence-corrected chi connectivity index (χ2v) is 6.31. The molecule has 0 spiro atoms. The Balaban J connectivity index is 1.78. The van der Waals surface area contributed by atoms with Crippen LogP contribution >= 0.6 is 0 Å². The number of rotatable bonds is 4. The van der Waals surface area contributed by atoms with Crippen LogP contribution in [0.4, 0.5) is 0 Å². The maximum absolute atomic E-state index is 4.19. The van der Waals surface area contributed by atoms with Gasteiger partial charge in [-0.25, -0.2) is 0 Å². The summed E-state index contributed by atoms with van der Waals surface area (Å²) in [6, 6.07) is 2.79. The van der Waals surface area contributed by atoms with E-state index >= 15 is 0 Å². The van der Waals surface area contributed by atoms with Crippen LogP contribution in [0.5, 0.6) is 0 Å². The minimum atomic E-state index is 0.517. The molecule has 0 aliphatic heterocycles. The molecule has 1 heterocycles. The van der Waals surface area contributed by atoms with Crippen LogP contribution in [0.2, 0.25) is 0 Å². The van der Waals surface area contributed by atoms with Crippen LogP contribution in [-0.4, -0.2) is 22.4 Å². The molecule has 0 amide bonds. The fourth-order valence-electron chi connectivity index (χ4n) is 3.20. The summed E-state index contributed by atoms with van der Waals surface area (Å²) in [5.41, 5.74) is 1.83. The molecule has 0 radical (unpaired) electrons. The van der Waals surface area contributed by atoms with Crippen molar-refractivity contribution in [3.63, 3.8) is 0 Å². The average Bonchev–Trinajstić information content (AvgIpc) is 2.72. The largest absolute Gasteiger partial charge is 0.313 e. The summed E-state index contributed by atoms with van der Waals surface area (Å²) in [5.74, 6) is 0.802. The fourth-order valence-corrected chi connectivity index (χ4v) is 3.20. The van der Waals surface area contributed by atoms with Gasteiger partial charge in [0.1, 0.15) is 0 Å². The molecule has 96 valence electrons. The molecule has 2 unspecified atom stereocenters. The third kappa shape index (κ3) is 3.09. The maximum atomic E-state index is 4.19. The molecule has 2 rings (SSSR count). The van der Waals surface area contributed by atoms with Crippen molar-refractivity contribution in [2.24, 2.45) is 18.4 Å². The van der Waals surface area contributed by atoms with E-state index in [0.717, 1.165) is 18.9 Å². The third-order valence-electron chi connectivity index (χ3n) is 4.04. The lowest BCUT2D eigenvalue weighted by molar-refractivity contribution is 0.362. The van der Waals surface area contributed by atoms with Crippen molar-refractivity contribution < 1.29 is 0 Å². The Morgan fingerprint density at radius 3 is 2.76 bits per heavy atom. The third-order valence-corrected chi connectivity index (χ3v) is 4.04. The minimum Gasteiger partial charge on any atom is -0.313 e. The van der Waals surface area contributed by atoms with Gasteiger partial charge in [-0.15, -0.1) is 0 Å². The van der Waals surface area contributed by atoms with Gasteiger partial charge in [-0.1, -0.05) is 20.8 Å². The highest BCUT2D eigenvalue weighted by molar-refractivity contribution is 5.00. The molecular formula is C14H25N3. The van der Waals surface area contributed by atoms with Crippen LogP contribution in [0.25, 0.3) is 0 Å². The van der Waals surface area contributed by atoms with Crippen LogP contribution in [-0.2, 0) is 13.5 Å². The van der Waals surface area contributed by atoms with E-state index in [1.807, 2.05) is 17.9 Å². The molecular weight excluding hydrogens is 210 g/mol. The highest BCUT2D eigenvalue weighted by Gasteiger charge is 2.35. The predicted octanol–water partition coefficient (Wildman–Crippen LogP) is 2.38. The van der Waals surface area contributed by atoms with E-state index in [4.69, 9.17) is 0 Å². The van der Waals surface area contributed by atoms with E-state index < -0.39 is 0 Å². The zero-order valence-corrected chi connectivity index (χ0v) is 11.5. The van der Waals surface area contributed by atoms with Gasteiger partial charge in [0.05, 0.1) is 0 Å². The van der Waals surface area contributed by atoms with Gasteiger partial charge in [-0.2, -0.15) is 5.10 Å². The van der Waals surface area contributed by atoms with Gasteiger partial charge >= 0.3 is 0 Å². The van der Waals surface area contributed by atoms with E-state index in [9.17, 15) is 0 Å². The van der Waals surface area contributed by atoms with Crippen LogP contribution in [0.1, 0.15) is 39.3 Å². The van der Waals surface area contributed by atoms with Gasteiger partial charge in [0.25, 0.3) is 0 Å². The summed E-state index contributed by atoms with van der Waals surface area (Å²) >= 11 is 0.